The Labute approximate surface area is 163 Å². The molecule has 0 amide bonds. The molecule has 0 aliphatic heterocycles. The van der Waals surface area contributed by atoms with E-state index in [9.17, 15) is 4.39 Å². The molecule has 0 aliphatic carbocycles. The van der Waals surface area contributed by atoms with Gasteiger partial charge in [0.05, 0.1) is 23.1 Å². The number of ether oxygens (including phenoxy) is 1. The van der Waals surface area contributed by atoms with Gasteiger partial charge in [-0.05, 0) is 37.3 Å². The number of nitrogen functional groups attached to an aromatic ring is 1. The molecule has 3 aromatic rings. The van der Waals surface area contributed by atoms with Gasteiger partial charge in [-0.1, -0.05) is 33.6 Å². The summed E-state index contributed by atoms with van der Waals surface area (Å²) in [4.78, 5) is 4.10. The standard InChI is InChI=1S/C18H15BrClFN4O/c1-11-9-25(18(22)24-11)23-8-13-6-14(19)3-5-17(13)26-10-12-2-4-15(21)7-16(12)20/h2-9H,10H2,1H3,(H2,22,24). The highest BCUT2D eigenvalue weighted by Gasteiger charge is 2.07. The molecule has 134 valence electrons. The molecule has 0 radical (unpaired) electrons. The molecule has 0 unspecified atom stereocenters. The summed E-state index contributed by atoms with van der Waals surface area (Å²) in [7, 11) is 0. The van der Waals surface area contributed by atoms with E-state index in [1.54, 1.807) is 18.5 Å². The van der Waals surface area contributed by atoms with Crippen LogP contribution in [0.5, 0.6) is 5.75 Å². The van der Waals surface area contributed by atoms with Gasteiger partial charge < -0.3 is 10.5 Å². The van der Waals surface area contributed by atoms with E-state index in [2.05, 4.69) is 26.0 Å². The molecule has 0 bridgehead atoms. The van der Waals surface area contributed by atoms with Crippen LogP contribution in [-0.2, 0) is 6.61 Å². The zero-order chi connectivity index (χ0) is 18.7. The minimum absolute atomic E-state index is 0.202. The van der Waals surface area contributed by atoms with Crippen molar-refractivity contribution in [2.45, 2.75) is 13.5 Å². The molecule has 1 aromatic heterocycles. The van der Waals surface area contributed by atoms with E-state index in [0.29, 0.717) is 22.3 Å². The van der Waals surface area contributed by atoms with Gasteiger partial charge in [-0.3, -0.25) is 0 Å². The van der Waals surface area contributed by atoms with Crippen LogP contribution in [0.3, 0.4) is 0 Å². The van der Waals surface area contributed by atoms with E-state index in [4.69, 9.17) is 22.1 Å². The van der Waals surface area contributed by atoms with E-state index in [1.807, 2.05) is 25.1 Å². The summed E-state index contributed by atoms with van der Waals surface area (Å²) in [5, 5.41) is 4.63. The van der Waals surface area contributed by atoms with Crippen LogP contribution in [0.4, 0.5) is 10.3 Å². The number of aromatic nitrogens is 2. The van der Waals surface area contributed by atoms with Crippen LogP contribution in [0.15, 0.2) is 52.2 Å². The number of hydrogen-bond donors (Lipinski definition) is 1. The highest BCUT2D eigenvalue weighted by Crippen LogP contribution is 2.25. The first kappa shape index (κ1) is 18.4. The average Bonchev–Trinajstić information content (AvgIpc) is 2.91. The van der Waals surface area contributed by atoms with Gasteiger partial charge >= 0.3 is 0 Å². The Bertz CT molecular complexity index is 974. The van der Waals surface area contributed by atoms with Gasteiger partial charge in [0.15, 0.2) is 0 Å². The fourth-order valence-electron chi connectivity index (χ4n) is 2.27. The van der Waals surface area contributed by atoms with Crippen molar-refractivity contribution in [2.24, 2.45) is 5.10 Å². The van der Waals surface area contributed by atoms with Gasteiger partial charge in [-0.25, -0.2) is 14.1 Å². The maximum atomic E-state index is 13.1. The van der Waals surface area contributed by atoms with Crippen molar-refractivity contribution in [3.63, 3.8) is 0 Å². The lowest BCUT2D eigenvalue weighted by atomic mass is 10.2. The molecule has 5 nitrogen and oxygen atoms in total. The first-order valence-electron chi connectivity index (χ1n) is 7.64. The summed E-state index contributed by atoms with van der Waals surface area (Å²) in [5.41, 5.74) is 7.99. The largest absolute Gasteiger partial charge is 0.488 e. The second kappa shape index (κ2) is 7.88. The number of nitrogens with two attached hydrogens (primary N) is 1. The minimum Gasteiger partial charge on any atom is -0.488 e. The topological polar surface area (TPSA) is 65.4 Å². The van der Waals surface area contributed by atoms with Crippen LogP contribution in [0.2, 0.25) is 5.02 Å². The normalized spacial score (nSPS) is 11.2. The Hall–Kier alpha value is -2.38. The minimum atomic E-state index is -0.386. The number of anilines is 1. The summed E-state index contributed by atoms with van der Waals surface area (Å²) in [6.45, 7) is 2.04. The Morgan fingerprint density at radius 2 is 2.15 bits per heavy atom. The fourth-order valence-corrected chi connectivity index (χ4v) is 2.87. The van der Waals surface area contributed by atoms with Crippen molar-refractivity contribution >= 4 is 39.7 Å². The van der Waals surface area contributed by atoms with Crippen molar-refractivity contribution in [3.05, 3.63) is 74.7 Å². The molecular weight excluding hydrogens is 423 g/mol. The first-order chi connectivity index (χ1) is 12.4. The summed E-state index contributed by atoms with van der Waals surface area (Å²) >= 11 is 9.48. The SMILES string of the molecule is Cc1cn(N=Cc2cc(Br)ccc2OCc2ccc(F)cc2Cl)c(N)n1. The number of aryl methyl sites for hydroxylation is 1. The number of hydrogen-bond acceptors (Lipinski definition) is 4. The van der Waals surface area contributed by atoms with Gasteiger partial charge in [0.2, 0.25) is 5.95 Å². The fraction of sp³-hybridized carbons (Fsp3) is 0.111. The Morgan fingerprint density at radius 3 is 2.85 bits per heavy atom. The molecular formula is C18H15BrClFN4O. The number of imidazole rings is 1. The van der Waals surface area contributed by atoms with E-state index in [0.717, 1.165) is 15.7 Å². The first-order valence-corrected chi connectivity index (χ1v) is 8.81. The third-order valence-corrected chi connectivity index (χ3v) is 4.37. The van der Waals surface area contributed by atoms with Gasteiger partial charge in [-0.2, -0.15) is 5.10 Å². The second-order valence-electron chi connectivity index (χ2n) is 5.54. The molecule has 1 heterocycles. The Kier molecular flexibility index (Phi) is 5.58. The van der Waals surface area contributed by atoms with Gasteiger partial charge in [-0.15, -0.1) is 0 Å². The van der Waals surface area contributed by atoms with Crippen molar-refractivity contribution in [2.75, 3.05) is 5.73 Å². The Morgan fingerprint density at radius 1 is 1.35 bits per heavy atom. The summed E-state index contributed by atoms with van der Waals surface area (Å²) in [6.07, 6.45) is 3.35. The van der Waals surface area contributed by atoms with E-state index in [-0.39, 0.29) is 12.4 Å². The van der Waals surface area contributed by atoms with Crippen molar-refractivity contribution < 1.29 is 9.13 Å². The quantitative estimate of drug-likeness (QED) is 0.584. The Balaban J connectivity index is 1.82. The maximum absolute atomic E-state index is 13.1. The lowest BCUT2D eigenvalue weighted by molar-refractivity contribution is 0.305. The van der Waals surface area contributed by atoms with Crippen LogP contribution >= 0.6 is 27.5 Å². The van der Waals surface area contributed by atoms with E-state index in [1.165, 1.54) is 16.8 Å². The molecule has 3 rings (SSSR count). The third-order valence-electron chi connectivity index (χ3n) is 3.53. The smallest absolute Gasteiger partial charge is 0.221 e. The molecule has 0 saturated heterocycles. The molecule has 8 heteroatoms. The predicted molar refractivity (Wildman–Crippen MR) is 104 cm³/mol. The maximum Gasteiger partial charge on any atom is 0.221 e. The van der Waals surface area contributed by atoms with Gasteiger partial charge in [0.25, 0.3) is 0 Å². The number of rotatable bonds is 5. The molecule has 2 aromatic carbocycles. The zero-order valence-electron chi connectivity index (χ0n) is 13.8. The van der Waals surface area contributed by atoms with Crippen LogP contribution in [0.1, 0.15) is 16.8 Å². The van der Waals surface area contributed by atoms with Gasteiger partial charge in [0, 0.05) is 15.6 Å². The lowest BCUT2D eigenvalue weighted by Crippen LogP contribution is -2.01. The van der Waals surface area contributed by atoms with Crippen molar-refractivity contribution in [3.8, 4) is 5.75 Å². The third kappa shape index (κ3) is 4.42. The molecule has 0 atom stereocenters. The molecule has 2 N–H and O–H groups in total. The van der Waals surface area contributed by atoms with E-state index >= 15 is 0 Å². The summed E-state index contributed by atoms with van der Waals surface area (Å²) < 4.78 is 21.4. The van der Waals surface area contributed by atoms with Crippen LogP contribution in [0, 0.1) is 12.7 Å². The van der Waals surface area contributed by atoms with Crippen LogP contribution in [-0.4, -0.2) is 15.9 Å². The highest BCUT2D eigenvalue weighted by molar-refractivity contribution is 9.10. The summed E-state index contributed by atoms with van der Waals surface area (Å²) in [6, 6.07) is 9.73. The van der Waals surface area contributed by atoms with Gasteiger partial charge in [0.1, 0.15) is 18.2 Å². The predicted octanol–water partition coefficient (Wildman–Crippen LogP) is 4.79. The number of halogens is 3. The van der Waals surface area contributed by atoms with Crippen molar-refractivity contribution in [1.82, 2.24) is 9.66 Å². The molecule has 0 aliphatic rings. The van der Waals surface area contributed by atoms with Crippen LogP contribution in [0.25, 0.3) is 0 Å². The molecule has 0 saturated carbocycles. The highest BCUT2D eigenvalue weighted by atomic mass is 79.9. The lowest BCUT2D eigenvalue weighted by Gasteiger charge is -2.11. The number of nitrogens with zero attached hydrogens (tertiary/aromatic N) is 3. The van der Waals surface area contributed by atoms with E-state index < -0.39 is 0 Å². The monoisotopic (exact) mass is 436 g/mol. The average molecular weight is 438 g/mol. The number of benzene rings is 2. The molecule has 0 fully saturated rings. The summed E-state index contributed by atoms with van der Waals surface area (Å²) in [5.74, 6) is 0.519. The van der Waals surface area contributed by atoms with Crippen LogP contribution < -0.4 is 10.5 Å². The zero-order valence-corrected chi connectivity index (χ0v) is 16.1. The molecule has 26 heavy (non-hydrogen) atoms. The second-order valence-corrected chi connectivity index (χ2v) is 6.86. The molecule has 0 spiro atoms. The van der Waals surface area contributed by atoms with Crippen molar-refractivity contribution in [1.29, 1.82) is 0 Å².